The van der Waals surface area contributed by atoms with Crippen molar-refractivity contribution in [2.24, 2.45) is 0 Å². The van der Waals surface area contributed by atoms with Crippen molar-refractivity contribution in [2.75, 3.05) is 13.2 Å². The number of hydrogen-bond acceptors (Lipinski definition) is 13. The van der Waals surface area contributed by atoms with Gasteiger partial charge in [0, 0.05) is 0 Å². The van der Waals surface area contributed by atoms with E-state index in [-0.39, 0.29) is 0 Å². The molecule has 2 saturated heterocycles. The van der Waals surface area contributed by atoms with Gasteiger partial charge < -0.3 is 65.6 Å². The molecule has 0 aromatic heterocycles. The Morgan fingerprint density at radius 1 is 0.640 bits per heavy atom. The monoisotopic (exact) mass is 374 g/mol. The highest BCUT2D eigenvalue weighted by molar-refractivity contribution is 5.16. The molecule has 2 aliphatic rings. The fourth-order valence-electron chi connectivity index (χ4n) is 3.07. The highest BCUT2D eigenvalue weighted by atomic mass is 16.8. The van der Waals surface area contributed by atoms with Crippen molar-refractivity contribution in [3.63, 3.8) is 0 Å². The van der Waals surface area contributed by atoms with Gasteiger partial charge in [-0.1, -0.05) is 0 Å². The smallest absolute Gasteiger partial charge is 0.317 e. The first kappa shape index (κ1) is 20.8. The lowest BCUT2D eigenvalue weighted by molar-refractivity contribution is -0.534. The van der Waals surface area contributed by atoms with Crippen molar-refractivity contribution < 1.29 is 65.6 Å². The van der Waals surface area contributed by atoms with E-state index in [9.17, 15) is 46.0 Å². The fourth-order valence-corrected chi connectivity index (χ4v) is 3.07. The van der Waals surface area contributed by atoms with Gasteiger partial charge in [0.15, 0.2) is 0 Å². The van der Waals surface area contributed by atoms with E-state index < -0.39 is 73.3 Å². The molecular formula is C12H22O13. The second kappa shape index (κ2) is 6.58. The Kier molecular flexibility index (Phi) is 5.47. The van der Waals surface area contributed by atoms with Crippen molar-refractivity contribution >= 4 is 0 Å². The van der Waals surface area contributed by atoms with Crippen molar-refractivity contribution in [2.45, 2.75) is 60.1 Å². The summed E-state index contributed by atoms with van der Waals surface area (Å²) in [5, 5.41) is 109. The Bertz CT molecular complexity index is 486. The van der Waals surface area contributed by atoms with Crippen LogP contribution in [0.1, 0.15) is 0 Å². The van der Waals surface area contributed by atoms with Crippen molar-refractivity contribution in [3.05, 3.63) is 0 Å². The third-order valence-corrected chi connectivity index (χ3v) is 4.64. The third kappa shape index (κ3) is 2.69. The standard InChI is InChI=1S/C12H22O13/c13-1-3-5(15)7(17)9(19)11(21,24-3)10(20)8(18)6(16)4(2-14)25-12(10,22)23/h3-9,13-23H,1-2H2/t3-,4-,5+,6-,7+,8+,9-,10-,11?/m1/s1. The topological polar surface area (TPSA) is 241 Å². The SMILES string of the molecule is OC[C@H]1OC(O)([C@]2(O)[C@@H](O)[C@H](O)[C@@H](CO)OC2(O)O)[C@H](O)[C@@H](O)[C@H]1O. The summed E-state index contributed by atoms with van der Waals surface area (Å²) in [5.74, 6) is -7.54. The molecule has 2 aliphatic heterocycles. The van der Waals surface area contributed by atoms with Crippen LogP contribution in [0.3, 0.4) is 0 Å². The molecule has 0 radical (unpaired) electrons. The van der Waals surface area contributed by atoms with Crippen LogP contribution in [0.2, 0.25) is 0 Å². The first-order valence-corrected chi connectivity index (χ1v) is 7.26. The first-order valence-electron chi connectivity index (χ1n) is 7.26. The summed E-state index contributed by atoms with van der Waals surface area (Å²) in [7, 11) is 0. The molecule has 2 fully saturated rings. The normalized spacial score (nSPS) is 53.6. The van der Waals surface area contributed by atoms with Gasteiger partial charge in [0.25, 0.3) is 0 Å². The average molecular weight is 374 g/mol. The molecule has 0 saturated carbocycles. The summed E-state index contributed by atoms with van der Waals surface area (Å²) in [6.07, 6.45) is -15.4. The lowest BCUT2D eigenvalue weighted by Gasteiger charge is -2.59. The molecule has 2 heterocycles. The van der Waals surface area contributed by atoms with E-state index in [4.69, 9.17) is 14.9 Å². The summed E-state index contributed by atoms with van der Waals surface area (Å²) >= 11 is 0. The van der Waals surface area contributed by atoms with Gasteiger partial charge in [-0.25, -0.2) is 0 Å². The van der Waals surface area contributed by atoms with Crippen LogP contribution in [0.4, 0.5) is 0 Å². The number of aliphatic hydroxyl groups is 11. The Balaban J connectivity index is 2.54. The van der Waals surface area contributed by atoms with Crippen LogP contribution in [0, 0.1) is 0 Å². The Hall–Kier alpha value is -0.520. The molecule has 2 rings (SSSR count). The molecule has 0 amide bonds. The third-order valence-electron chi connectivity index (χ3n) is 4.64. The van der Waals surface area contributed by atoms with E-state index in [1.807, 2.05) is 0 Å². The van der Waals surface area contributed by atoms with Gasteiger partial charge in [-0.15, -0.1) is 0 Å². The molecule has 0 spiro atoms. The number of aliphatic hydroxyl groups excluding tert-OH is 7. The molecule has 11 N–H and O–H groups in total. The van der Waals surface area contributed by atoms with Crippen LogP contribution in [-0.4, -0.2) is 129 Å². The molecule has 13 nitrogen and oxygen atoms in total. The molecule has 25 heavy (non-hydrogen) atoms. The molecule has 0 aromatic rings. The van der Waals surface area contributed by atoms with E-state index in [2.05, 4.69) is 4.74 Å². The quantitative estimate of drug-likeness (QED) is 0.206. The molecule has 148 valence electrons. The van der Waals surface area contributed by atoms with Gasteiger partial charge in [0.1, 0.15) is 42.7 Å². The van der Waals surface area contributed by atoms with Crippen LogP contribution < -0.4 is 0 Å². The summed E-state index contributed by atoms with van der Waals surface area (Å²) in [6.45, 7) is -2.08. The van der Waals surface area contributed by atoms with Gasteiger partial charge in [-0.3, -0.25) is 0 Å². The molecule has 13 heteroatoms. The maximum Gasteiger partial charge on any atom is 0.317 e. The molecule has 0 aromatic carbocycles. The molecule has 0 bridgehead atoms. The predicted molar refractivity (Wildman–Crippen MR) is 71.0 cm³/mol. The lowest BCUT2D eigenvalue weighted by Crippen LogP contribution is -2.86. The van der Waals surface area contributed by atoms with Crippen LogP contribution in [0.5, 0.6) is 0 Å². The van der Waals surface area contributed by atoms with Crippen molar-refractivity contribution in [1.29, 1.82) is 0 Å². The van der Waals surface area contributed by atoms with E-state index in [0.717, 1.165) is 0 Å². The molecule has 9 atom stereocenters. The summed E-state index contributed by atoms with van der Waals surface area (Å²) in [4.78, 5) is 0. The number of ether oxygens (including phenoxy) is 2. The average Bonchev–Trinajstić information content (AvgIpc) is 2.57. The summed E-state index contributed by atoms with van der Waals surface area (Å²) in [5.41, 5.74) is -3.81. The minimum absolute atomic E-state index is 1.03. The van der Waals surface area contributed by atoms with Crippen LogP contribution in [-0.2, 0) is 9.47 Å². The zero-order valence-corrected chi connectivity index (χ0v) is 12.7. The number of rotatable bonds is 3. The van der Waals surface area contributed by atoms with Gasteiger partial charge in [-0.05, 0) is 0 Å². The maximum absolute atomic E-state index is 10.6. The second-order valence-corrected chi connectivity index (χ2v) is 6.11. The molecular weight excluding hydrogens is 352 g/mol. The zero-order chi connectivity index (χ0) is 19.4. The molecule has 1 unspecified atom stereocenters. The highest BCUT2D eigenvalue weighted by Crippen LogP contribution is 2.47. The summed E-state index contributed by atoms with van der Waals surface area (Å²) < 4.78 is 9.21. The van der Waals surface area contributed by atoms with E-state index in [1.54, 1.807) is 0 Å². The van der Waals surface area contributed by atoms with E-state index in [1.165, 1.54) is 0 Å². The number of hydrogen-bond donors (Lipinski definition) is 11. The molecule has 0 aliphatic carbocycles. The fraction of sp³-hybridized carbons (Fsp3) is 1.00. The lowest BCUT2D eigenvalue weighted by atomic mass is 9.73. The van der Waals surface area contributed by atoms with E-state index >= 15 is 0 Å². The Morgan fingerprint density at radius 3 is 1.60 bits per heavy atom. The predicted octanol–water partition coefficient (Wildman–Crippen LogP) is -7.37. The van der Waals surface area contributed by atoms with Crippen molar-refractivity contribution in [3.8, 4) is 0 Å². The van der Waals surface area contributed by atoms with Gasteiger partial charge in [-0.2, -0.15) is 0 Å². The van der Waals surface area contributed by atoms with Gasteiger partial charge >= 0.3 is 5.97 Å². The van der Waals surface area contributed by atoms with Crippen LogP contribution in [0.15, 0.2) is 0 Å². The Labute approximate surface area is 140 Å². The van der Waals surface area contributed by atoms with Crippen LogP contribution in [0.25, 0.3) is 0 Å². The largest absolute Gasteiger partial charge is 0.394 e. The summed E-state index contributed by atoms with van der Waals surface area (Å²) in [6, 6.07) is 0. The minimum atomic E-state index is -3.91. The minimum Gasteiger partial charge on any atom is -0.394 e. The van der Waals surface area contributed by atoms with Crippen LogP contribution >= 0.6 is 0 Å². The first-order chi connectivity index (χ1) is 11.4. The van der Waals surface area contributed by atoms with Gasteiger partial charge in [0.2, 0.25) is 11.4 Å². The zero-order valence-electron chi connectivity index (χ0n) is 12.7. The van der Waals surface area contributed by atoms with E-state index in [0.29, 0.717) is 0 Å². The van der Waals surface area contributed by atoms with Crippen molar-refractivity contribution in [1.82, 2.24) is 0 Å². The van der Waals surface area contributed by atoms with Gasteiger partial charge in [0.05, 0.1) is 13.2 Å². The second-order valence-electron chi connectivity index (χ2n) is 6.11. The maximum atomic E-state index is 10.6. The Morgan fingerprint density at radius 2 is 1.12 bits per heavy atom. The highest BCUT2D eigenvalue weighted by Gasteiger charge is 2.77.